The summed E-state index contributed by atoms with van der Waals surface area (Å²) in [7, 11) is -3.51. The third-order valence-corrected chi connectivity index (χ3v) is 8.32. The van der Waals surface area contributed by atoms with Crippen LogP contribution in [0.2, 0.25) is 4.34 Å². The highest BCUT2D eigenvalue weighted by molar-refractivity contribution is 7.91. The second-order valence-corrected chi connectivity index (χ2v) is 10.4. The third kappa shape index (κ3) is 4.70. The Labute approximate surface area is 168 Å². The van der Waals surface area contributed by atoms with Crippen LogP contribution in [-0.2, 0) is 14.8 Å². The minimum atomic E-state index is -3.51. The first-order valence-corrected chi connectivity index (χ1v) is 11.2. The summed E-state index contributed by atoms with van der Waals surface area (Å²) < 4.78 is 27.4. The molecular weight excluding hydrogens is 406 g/mol. The number of hydrogen-bond acceptors (Lipinski definition) is 5. The number of aryl methyl sites for hydroxylation is 1. The summed E-state index contributed by atoms with van der Waals surface area (Å²) >= 11 is 6.92. The molecule has 9 heteroatoms. The smallest absolute Gasteiger partial charge is 0.252 e. The van der Waals surface area contributed by atoms with E-state index in [2.05, 4.69) is 5.32 Å². The van der Waals surface area contributed by atoms with E-state index < -0.39 is 10.0 Å². The Morgan fingerprint density at radius 2 is 1.85 bits per heavy atom. The van der Waals surface area contributed by atoms with Crippen molar-refractivity contribution in [2.24, 2.45) is 0 Å². The van der Waals surface area contributed by atoms with Gasteiger partial charge in [-0.15, -0.1) is 11.3 Å². The van der Waals surface area contributed by atoms with Gasteiger partial charge in [-0.05, 0) is 43.2 Å². The number of sulfonamides is 1. The van der Waals surface area contributed by atoms with Crippen molar-refractivity contribution in [3.63, 3.8) is 0 Å². The van der Waals surface area contributed by atoms with E-state index in [-0.39, 0.29) is 16.7 Å². The van der Waals surface area contributed by atoms with Crippen molar-refractivity contribution in [3.8, 4) is 0 Å². The Morgan fingerprint density at radius 1 is 1.15 bits per heavy atom. The first-order valence-electron chi connectivity index (χ1n) is 8.61. The molecule has 0 saturated carbocycles. The third-order valence-electron chi connectivity index (χ3n) is 4.72. The van der Waals surface area contributed by atoms with Crippen LogP contribution in [0.5, 0.6) is 0 Å². The number of halogens is 1. The largest absolute Gasteiger partial charge is 0.325 e. The average Bonchev–Trinajstić information content (AvgIpc) is 3.07. The highest BCUT2D eigenvalue weighted by Crippen LogP contribution is 2.28. The standard InChI is InChI=1S/C18H22ClN3O3S2/c1-13-4-3-5-15(14(13)2)20-17(23)12-21-8-10-22(11-9-21)27(24,25)18-7-6-16(19)26-18/h3-7H,8-12H2,1-2H3,(H,20,23). The lowest BCUT2D eigenvalue weighted by Crippen LogP contribution is -2.50. The minimum Gasteiger partial charge on any atom is -0.325 e. The number of nitrogens with one attached hydrogen (secondary N) is 1. The van der Waals surface area contributed by atoms with Crippen molar-refractivity contribution >= 4 is 44.6 Å². The van der Waals surface area contributed by atoms with Gasteiger partial charge in [0.1, 0.15) is 4.21 Å². The van der Waals surface area contributed by atoms with E-state index in [1.807, 2.05) is 36.9 Å². The topological polar surface area (TPSA) is 69.7 Å². The number of amides is 1. The van der Waals surface area contributed by atoms with Crippen molar-refractivity contribution in [2.45, 2.75) is 18.1 Å². The molecule has 0 aliphatic carbocycles. The molecule has 0 unspecified atom stereocenters. The van der Waals surface area contributed by atoms with Crippen LogP contribution in [0.15, 0.2) is 34.5 Å². The monoisotopic (exact) mass is 427 g/mol. The summed E-state index contributed by atoms with van der Waals surface area (Å²) in [5.41, 5.74) is 2.99. The minimum absolute atomic E-state index is 0.0926. The molecule has 146 valence electrons. The summed E-state index contributed by atoms with van der Waals surface area (Å²) in [5, 5.41) is 2.94. The Kier molecular flexibility index (Phi) is 6.22. The number of carbonyl (C=O) groups is 1. The van der Waals surface area contributed by atoms with E-state index >= 15 is 0 Å². The molecule has 0 radical (unpaired) electrons. The zero-order valence-corrected chi connectivity index (χ0v) is 17.6. The van der Waals surface area contributed by atoms with Crippen LogP contribution in [0.1, 0.15) is 11.1 Å². The van der Waals surface area contributed by atoms with E-state index in [1.54, 1.807) is 6.07 Å². The van der Waals surface area contributed by atoms with Crippen LogP contribution in [0.3, 0.4) is 0 Å². The highest BCUT2D eigenvalue weighted by atomic mass is 35.5. The second-order valence-electron chi connectivity index (χ2n) is 6.53. The molecule has 1 saturated heterocycles. The number of nitrogens with zero attached hydrogens (tertiary/aromatic N) is 2. The summed E-state index contributed by atoms with van der Waals surface area (Å²) in [6, 6.07) is 8.93. The molecule has 1 aromatic heterocycles. The van der Waals surface area contributed by atoms with Gasteiger partial charge in [-0.1, -0.05) is 23.7 Å². The van der Waals surface area contributed by atoms with E-state index in [0.29, 0.717) is 30.5 Å². The Hall–Kier alpha value is -1.45. The maximum Gasteiger partial charge on any atom is 0.252 e. The Morgan fingerprint density at radius 3 is 2.48 bits per heavy atom. The molecule has 3 rings (SSSR count). The molecule has 1 fully saturated rings. The van der Waals surface area contributed by atoms with Crippen LogP contribution in [-0.4, -0.2) is 56.3 Å². The van der Waals surface area contributed by atoms with Crippen LogP contribution < -0.4 is 5.32 Å². The number of anilines is 1. The van der Waals surface area contributed by atoms with Crippen molar-refractivity contribution in [3.05, 3.63) is 45.8 Å². The molecule has 1 amide bonds. The van der Waals surface area contributed by atoms with Gasteiger partial charge >= 0.3 is 0 Å². The number of hydrogen-bond donors (Lipinski definition) is 1. The van der Waals surface area contributed by atoms with E-state index in [0.717, 1.165) is 28.2 Å². The van der Waals surface area contributed by atoms with Gasteiger partial charge in [0.2, 0.25) is 5.91 Å². The second kappa shape index (κ2) is 8.28. The zero-order chi connectivity index (χ0) is 19.6. The van der Waals surface area contributed by atoms with E-state index in [9.17, 15) is 13.2 Å². The quantitative estimate of drug-likeness (QED) is 0.796. The van der Waals surface area contributed by atoms with Crippen molar-refractivity contribution in [2.75, 3.05) is 38.0 Å². The number of piperazine rings is 1. The van der Waals surface area contributed by atoms with Gasteiger partial charge in [0.15, 0.2) is 0 Å². The van der Waals surface area contributed by atoms with Crippen LogP contribution in [0, 0.1) is 13.8 Å². The molecule has 0 spiro atoms. The molecule has 1 aliphatic heterocycles. The molecule has 6 nitrogen and oxygen atoms in total. The fourth-order valence-electron chi connectivity index (χ4n) is 2.97. The van der Waals surface area contributed by atoms with Crippen molar-refractivity contribution in [1.29, 1.82) is 0 Å². The van der Waals surface area contributed by atoms with Gasteiger partial charge in [-0.25, -0.2) is 8.42 Å². The molecule has 0 atom stereocenters. The van der Waals surface area contributed by atoms with Crippen molar-refractivity contribution in [1.82, 2.24) is 9.21 Å². The molecule has 1 N–H and O–H groups in total. The molecular formula is C18H22ClN3O3S2. The van der Waals surface area contributed by atoms with E-state index in [1.165, 1.54) is 10.4 Å². The normalized spacial score (nSPS) is 16.4. The Balaban J connectivity index is 1.55. The molecule has 27 heavy (non-hydrogen) atoms. The first-order chi connectivity index (χ1) is 12.8. The number of thiophene rings is 1. The van der Waals surface area contributed by atoms with Gasteiger partial charge in [-0.3, -0.25) is 9.69 Å². The SMILES string of the molecule is Cc1cccc(NC(=O)CN2CCN(S(=O)(=O)c3ccc(Cl)s3)CC2)c1C. The number of benzene rings is 1. The van der Waals surface area contributed by atoms with Crippen LogP contribution in [0.25, 0.3) is 0 Å². The molecule has 1 aromatic carbocycles. The summed E-state index contributed by atoms with van der Waals surface area (Å²) in [4.78, 5) is 14.3. The molecule has 1 aliphatic rings. The molecule has 2 aromatic rings. The van der Waals surface area contributed by atoms with Gasteiger partial charge in [0.25, 0.3) is 10.0 Å². The molecule has 2 heterocycles. The lowest BCUT2D eigenvalue weighted by atomic mass is 10.1. The fourth-order valence-corrected chi connectivity index (χ4v) is 6.03. The van der Waals surface area contributed by atoms with E-state index in [4.69, 9.17) is 11.6 Å². The summed E-state index contributed by atoms with van der Waals surface area (Å²) in [6.45, 7) is 5.96. The van der Waals surface area contributed by atoms with Crippen LogP contribution in [0.4, 0.5) is 5.69 Å². The van der Waals surface area contributed by atoms with Gasteiger partial charge in [-0.2, -0.15) is 4.31 Å². The maximum absolute atomic E-state index is 12.6. The number of carbonyl (C=O) groups excluding carboxylic acids is 1. The predicted molar refractivity (Wildman–Crippen MR) is 109 cm³/mol. The highest BCUT2D eigenvalue weighted by Gasteiger charge is 2.30. The number of rotatable bonds is 5. The zero-order valence-electron chi connectivity index (χ0n) is 15.2. The first kappa shape index (κ1) is 20.3. The van der Waals surface area contributed by atoms with Gasteiger partial charge in [0.05, 0.1) is 10.9 Å². The predicted octanol–water partition coefficient (Wildman–Crippen LogP) is 2.96. The summed E-state index contributed by atoms with van der Waals surface area (Å²) in [5.74, 6) is -0.0926. The lowest BCUT2D eigenvalue weighted by Gasteiger charge is -2.33. The summed E-state index contributed by atoms with van der Waals surface area (Å²) in [6.07, 6.45) is 0. The van der Waals surface area contributed by atoms with Crippen LogP contribution >= 0.6 is 22.9 Å². The average molecular weight is 428 g/mol. The van der Waals surface area contributed by atoms with Gasteiger partial charge in [0, 0.05) is 31.9 Å². The van der Waals surface area contributed by atoms with Gasteiger partial charge < -0.3 is 5.32 Å². The molecule has 0 bridgehead atoms. The maximum atomic E-state index is 12.6. The lowest BCUT2D eigenvalue weighted by molar-refractivity contribution is -0.117. The van der Waals surface area contributed by atoms with Crippen molar-refractivity contribution < 1.29 is 13.2 Å². The fraction of sp³-hybridized carbons (Fsp3) is 0.389. The Bertz CT molecular complexity index is 935.